The van der Waals surface area contributed by atoms with Gasteiger partial charge in [-0.25, -0.2) is 13.0 Å². The number of rotatable bonds is 4. The molecule has 0 radical (unpaired) electrons. The molecule has 1 rings (SSSR count). The minimum absolute atomic E-state index is 0.294. The van der Waals surface area contributed by atoms with Crippen LogP contribution in [-0.4, -0.2) is 49.6 Å². The summed E-state index contributed by atoms with van der Waals surface area (Å²) in [4.78, 5) is -0.166. The van der Waals surface area contributed by atoms with Crippen molar-refractivity contribution in [2.75, 3.05) is 7.05 Å². The van der Waals surface area contributed by atoms with E-state index in [1.54, 1.807) is 0 Å². The summed E-state index contributed by atoms with van der Waals surface area (Å²) in [6.45, 7) is 0. The summed E-state index contributed by atoms with van der Waals surface area (Å²) in [6.07, 6.45) is -5.89. The van der Waals surface area contributed by atoms with Crippen molar-refractivity contribution in [3.05, 3.63) is 12.4 Å². The first-order chi connectivity index (χ1) is 8.80. The molecule has 0 aromatic heterocycles. The van der Waals surface area contributed by atoms with Gasteiger partial charge in [0.1, 0.15) is 0 Å². The molecule has 1 aliphatic heterocycles. The van der Waals surface area contributed by atoms with Crippen LogP contribution in [0.2, 0.25) is 0 Å². The molecule has 0 aromatic rings. The van der Waals surface area contributed by atoms with Gasteiger partial charge in [0.15, 0.2) is 0 Å². The highest BCUT2D eigenvalue weighted by atomic mass is 32.2. The van der Waals surface area contributed by atoms with Gasteiger partial charge in [-0.05, 0) is 0 Å². The molecule has 0 saturated heterocycles. The molecule has 0 bridgehead atoms. The molecular formula is C7H7F7N2O3S. The molecule has 0 fully saturated rings. The first-order valence-electron chi connectivity index (χ1n) is 4.65. The maximum Gasteiger partial charge on any atom is 0.523 e. The van der Waals surface area contributed by atoms with E-state index in [9.17, 15) is 39.2 Å². The van der Waals surface area contributed by atoms with E-state index in [2.05, 4.69) is 4.18 Å². The van der Waals surface area contributed by atoms with E-state index in [1.165, 1.54) is 0 Å². The molecule has 1 atom stereocenters. The molecule has 0 aliphatic carbocycles. The summed E-state index contributed by atoms with van der Waals surface area (Å²) < 4.78 is 112. The second kappa shape index (κ2) is 4.95. The van der Waals surface area contributed by atoms with Crippen LogP contribution in [0.5, 0.6) is 0 Å². The third-order valence-electron chi connectivity index (χ3n) is 2.15. The molecule has 0 saturated carbocycles. The van der Waals surface area contributed by atoms with E-state index < -0.39 is 39.4 Å². The zero-order valence-corrected chi connectivity index (χ0v) is 10.3. The van der Waals surface area contributed by atoms with Gasteiger partial charge in [-0.1, -0.05) is 0 Å². The van der Waals surface area contributed by atoms with Gasteiger partial charge in [-0.2, -0.15) is 30.4 Å². The molecule has 1 unspecified atom stereocenters. The summed E-state index contributed by atoms with van der Waals surface area (Å²) in [5.74, 6) is 0. The zero-order chi connectivity index (χ0) is 15.9. The molecular weight excluding hydrogens is 325 g/mol. The van der Waals surface area contributed by atoms with Crippen molar-refractivity contribution in [2.24, 2.45) is 0 Å². The Labute approximate surface area is 108 Å². The van der Waals surface area contributed by atoms with Crippen LogP contribution in [0.15, 0.2) is 12.4 Å². The Hall–Kier alpha value is -1.24. The Kier molecular flexibility index (Phi) is 4.16. The lowest BCUT2D eigenvalue weighted by Crippen LogP contribution is -2.53. The molecule has 1 heterocycles. The van der Waals surface area contributed by atoms with Crippen molar-refractivity contribution in [1.29, 1.82) is 0 Å². The van der Waals surface area contributed by atoms with E-state index in [-0.39, 0.29) is 0 Å². The highest BCUT2D eigenvalue weighted by Gasteiger charge is 2.56. The van der Waals surface area contributed by atoms with Gasteiger partial charge in [0.05, 0.1) is 0 Å². The van der Waals surface area contributed by atoms with E-state index >= 15 is 0 Å². The smallest absolute Gasteiger partial charge is 0.336 e. The Morgan fingerprint density at radius 2 is 1.65 bits per heavy atom. The first kappa shape index (κ1) is 16.8. The van der Waals surface area contributed by atoms with Crippen LogP contribution in [0.25, 0.3) is 0 Å². The molecule has 1 aliphatic rings. The minimum atomic E-state index is -6.23. The molecule has 5 nitrogen and oxygen atoms in total. The van der Waals surface area contributed by atoms with E-state index in [0.717, 1.165) is 7.05 Å². The third kappa shape index (κ3) is 2.92. The maximum atomic E-state index is 13.1. The standard InChI is InChI=1S/C7H7F7N2O3S/c1-15-2-3-16(6(10,11)4(8)9)5(15)19-20(17,18)7(12,13)14/h2-5H,1H3. The quantitative estimate of drug-likeness (QED) is 0.340. The van der Waals surface area contributed by atoms with Crippen molar-refractivity contribution in [3.8, 4) is 0 Å². The van der Waals surface area contributed by atoms with E-state index in [0.29, 0.717) is 17.3 Å². The van der Waals surface area contributed by atoms with E-state index in [4.69, 9.17) is 0 Å². The molecule has 0 N–H and O–H groups in total. The van der Waals surface area contributed by atoms with Gasteiger partial charge in [0.2, 0.25) is 6.35 Å². The van der Waals surface area contributed by atoms with Crippen LogP contribution in [0.3, 0.4) is 0 Å². The lowest BCUT2D eigenvalue weighted by molar-refractivity contribution is -0.252. The summed E-state index contributed by atoms with van der Waals surface area (Å²) in [6, 6.07) is -4.91. The fourth-order valence-corrected chi connectivity index (χ4v) is 1.73. The third-order valence-corrected chi connectivity index (χ3v) is 3.14. The highest BCUT2D eigenvalue weighted by molar-refractivity contribution is 7.87. The van der Waals surface area contributed by atoms with Gasteiger partial charge in [0.25, 0.3) is 0 Å². The molecule has 0 spiro atoms. The average Bonchev–Trinajstić information content (AvgIpc) is 2.58. The number of nitrogens with zero attached hydrogens (tertiary/aromatic N) is 2. The summed E-state index contributed by atoms with van der Waals surface area (Å²) in [7, 11) is -5.36. The Bertz CT molecular complexity index is 489. The average molecular weight is 332 g/mol. The Balaban J connectivity index is 3.05. The monoisotopic (exact) mass is 332 g/mol. The van der Waals surface area contributed by atoms with Gasteiger partial charge in [0, 0.05) is 19.4 Å². The van der Waals surface area contributed by atoms with Gasteiger partial charge < -0.3 is 4.90 Å². The first-order valence-corrected chi connectivity index (χ1v) is 6.06. The highest BCUT2D eigenvalue weighted by Crippen LogP contribution is 2.36. The molecule has 118 valence electrons. The predicted molar refractivity (Wildman–Crippen MR) is 49.5 cm³/mol. The summed E-state index contributed by atoms with van der Waals surface area (Å²) in [5, 5.41) is 0. The fourth-order valence-electron chi connectivity index (χ4n) is 1.16. The predicted octanol–water partition coefficient (Wildman–Crippen LogP) is 1.71. The number of hydrogen-bond donors (Lipinski definition) is 0. The summed E-state index contributed by atoms with van der Waals surface area (Å²) in [5.41, 5.74) is -5.87. The van der Waals surface area contributed by atoms with Crippen LogP contribution < -0.4 is 0 Å². The molecule has 20 heavy (non-hydrogen) atoms. The Morgan fingerprint density at radius 3 is 2.05 bits per heavy atom. The van der Waals surface area contributed by atoms with Crippen molar-refractivity contribution >= 4 is 10.1 Å². The molecule has 0 aromatic carbocycles. The summed E-state index contributed by atoms with van der Waals surface area (Å²) >= 11 is 0. The second-order valence-corrected chi connectivity index (χ2v) is 5.15. The van der Waals surface area contributed by atoms with Crippen molar-refractivity contribution in [1.82, 2.24) is 9.80 Å². The van der Waals surface area contributed by atoms with Crippen LogP contribution in [0, 0.1) is 0 Å². The van der Waals surface area contributed by atoms with Crippen molar-refractivity contribution < 1.29 is 43.3 Å². The van der Waals surface area contributed by atoms with Crippen molar-refractivity contribution in [2.45, 2.75) is 24.3 Å². The minimum Gasteiger partial charge on any atom is -0.336 e. The lowest BCUT2D eigenvalue weighted by Gasteiger charge is -2.34. The van der Waals surface area contributed by atoms with Gasteiger partial charge in [-0.15, -0.1) is 0 Å². The topological polar surface area (TPSA) is 49.9 Å². The van der Waals surface area contributed by atoms with Crippen LogP contribution >= 0.6 is 0 Å². The van der Waals surface area contributed by atoms with Gasteiger partial charge in [-0.3, -0.25) is 4.90 Å². The largest absolute Gasteiger partial charge is 0.523 e. The zero-order valence-electron chi connectivity index (χ0n) is 9.48. The van der Waals surface area contributed by atoms with Gasteiger partial charge >= 0.3 is 28.1 Å². The van der Waals surface area contributed by atoms with E-state index in [1.807, 2.05) is 0 Å². The number of hydrogen-bond acceptors (Lipinski definition) is 5. The lowest BCUT2D eigenvalue weighted by atomic mass is 10.5. The van der Waals surface area contributed by atoms with Crippen LogP contribution in [-0.2, 0) is 14.3 Å². The normalized spacial score (nSPS) is 21.1. The Morgan fingerprint density at radius 1 is 1.15 bits per heavy atom. The van der Waals surface area contributed by atoms with Crippen LogP contribution in [0.1, 0.15) is 0 Å². The maximum absolute atomic E-state index is 13.1. The molecule has 13 heteroatoms. The second-order valence-electron chi connectivity index (χ2n) is 3.58. The fraction of sp³-hybridized carbons (Fsp3) is 0.714. The number of alkyl halides is 7. The number of halogens is 7. The van der Waals surface area contributed by atoms with Crippen LogP contribution in [0.4, 0.5) is 30.7 Å². The SMILES string of the molecule is CN1C=CN(C(F)(F)C(F)F)C1OS(=O)(=O)C(F)(F)F. The molecule has 0 amide bonds. The van der Waals surface area contributed by atoms with Crippen molar-refractivity contribution in [3.63, 3.8) is 0 Å².